The zero-order valence-electron chi connectivity index (χ0n) is 37.6. The lowest BCUT2D eigenvalue weighted by atomic mass is 9.82. The molecule has 10 aromatic rings. The van der Waals surface area contributed by atoms with Crippen molar-refractivity contribution in [2.75, 3.05) is 9.80 Å². The Morgan fingerprint density at radius 3 is 1.06 bits per heavy atom. The van der Waals surface area contributed by atoms with Crippen LogP contribution in [0.5, 0.6) is 0 Å². The van der Waals surface area contributed by atoms with E-state index in [-0.39, 0.29) is 5.41 Å². The molecule has 0 bridgehead atoms. The van der Waals surface area contributed by atoms with Crippen molar-refractivity contribution in [1.29, 1.82) is 0 Å². The first kappa shape index (κ1) is 40.6. The van der Waals surface area contributed by atoms with Gasteiger partial charge in [-0.3, -0.25) is 0 Å². The summed E-state index contributed by atoms with van der Waals surface area (Å²) in [7, 11) is 0. The van der Waals surface area contributed by atoms with Crippen molar-refractivity contribution in [2.45, 2.75) is 26.2 Å². The highest BCUT2D eigenvalue weighted by molar-refractivity contribution is 5.87. The lowest BCUT2D eigenvalue weighted by Crippen LogP contribution is -2.16. The maximum atomic E-state index is 2.41. The van der Waals surface area contributed by atoms with E-state index < -0.39 is 0 Å². The molecule has 2 heteroatoms. The van der Waals surface area contributed by atoms with Crippen molar-refractivity contribution < 1.29 is 0 Å². The molecule has 0 saturated heterocycles. The average molecular weight is 847 g/mol. The number of benzene rings is 10. The van der Waals surface area contributed by atoms with Crippen molar-refractivity contribution in [3.63, 3.8) is 0 Å². The standard InChI is InChI=1S/C64H50N2/c1-45-41-53(48-19-11-6-12-20-48)43-59(42-45)66(56-35-25-50(26-36-56)47-17-9-5-10-18-47)57-37-29-52(30-38-57)51-27-33-55(34-28-51)65(54-31-23-49(24-32-54)46-15-7-4-8-16-46)58-39-40-61-60-21-13-14-22-62(60)64(2,3)63(61)44-58/h4-44H,1-3H3. The minimum atomic E-state index is -0.106. The molecule has 0 N–H and O–H groups in total. The molecule has 0 fully saturated rings. The summed E-state index contributed by atoms with van der Waals surface area (Å²) in [6, 6.07) is 90.5. The third kappa shape index (κ3) is 7.67. The van der Waals surface area contributed by atoms with Crippen LogP contribution in [0.15, 0.2) is 249 Å². The molecular weight excluding hydrogens is 797 g/mol. The van der Waals surface area contributed by atoms with E-state index >= 15 is 0 Å². The van der Waals surface area contributed by atoms with E-state index in [1.807, 2.05) is 0 Å². The van der Waals surface area contributed by atoms with E-state index in [4.69, 9.17) is 0 Å². The molecule has 0 amide bonds. The Hall–Kier alpha value is -8.20. The monoisotopic (exact) mass is 846 g/mol. The Balaban J connectivity index is 0.946. The topological polar surface area (TPSA) is 6.48 Å². The SMILES string of the molecule is Cc1cc(-c2ccccc2)cc(N(c2ccc(-c3ccccc3)cc2)c2ccc(-c3ccc(N(c4ccc(-c5ccccc5)cc4)c4ccc5c(c4)C(C)(C)c4ccccc4-5)cc3)cc2)c1. The quantitative estimate of drug-likeness (QED) is 0.135. The van der Waals surface area contributed by atoms with Gasteiger partial charge in [0.25, 0.3) is 0 Å². The van der Waals surface area contributed by atoms with Gasteiger partial charge in [-0.1, -0.05) is 190 Å². The number of anilines is 6. The van der Waals surface area contributed by atoms with Gasteiger partial charge in [0.15, 0.2) is 0 Å². The molecule has 0 atom stereocenters. The van der Waals surface area contributed by atoms with Gasteiger partial charge >= 0.3 is 0 Å². The summed E-state index contributed by atoms with van der Waals surface area (Å²) in [5.74, 6) is 0. The van der Waals surface area contributed by atoms with Gasteiger partial charge in [0.1, 0.15) is 0 Å². The first-order valence-corrected chi connectivity index (χ1v) is 22.9. The van der Waals surface area contributed by atoms with E-state index in [0.29, 0.717) is 0 Å². The highest BCUT2D eigenvalue weighted by atomic mass is 15.1. The number of hydrogen-bond acceptors (Lipinski definition) is 2. The van der Waals surface area contributed by atoms with Crippen LogP contribution in [0.2, 0.25) is 0 Å². The fraction of sp³-hybridized carbons (Fsp3) is 0.0625. The zero-order chi connectivity index (χ0) is 44.6. The highest BCUT2D eigenvalue weighted by Gasteiger charge is 2.35. The summed E-state index contributed by atoms with van der Waals surface area (Å²) in [6.45, 7) is 6.89. The molecule has 316 valence electrons. The van der Waals surface area contributed by atoms with E-state index in [1.54, 1.807) is 0 Å². The molecule has 0 radical (unpaired) electrons. The highest BCUT2D eigenvalue weighted by Crippen LogP contribution is 2.51. The maximum Gasteiger partial charge on any atom is 0.0470 e. The first-order valence-electron chi connectivity index (χ1n) is 22.9. The fourth-order valence-corrected chi connectivity index (χ4v) is 9.89. The predicted molar refractivity (Wildman–Crippen MR) is 280 cm³/mol. The molecule has 0 heterocycles. The second-order valence-corrected chi connectivity index (χ2v) is 17.9. The Morgan fingerprint density at radius 2 is 0.606 bits per heavy atom. The van der Waals surface area contributed by atoms with Gasteiger partial charge in [-0.25, -0.2) is 0 Å². The second kappa shape index (κ2) is 17.1. The lowest BCUT2D eigenvalue weighted by molar-refractivity contribution is 0.660. The van der Waals surface area contributed by atoms with Gasteiger partial charge in [-0.2, -0.15) is 0 Å². The van der Waals surface area contributed by atoms with E-state index in [1.165, 1.54) is 61.2 Å². The number of nitrogens with zero attached hydrogens (tertiary/aromatic N) is 2. The Bertz CT molecular complexity index is 3280. The van der Waals surface area contributed by atoms with Gasteiger partial charge in [-0.05, 0) is 152 Å². The number of hydrogen-bond donors (Lipinski definition) is 0. The van der Waals surface area contributed by atoms with Crippen molar-refractivity contribution in [3.8, 4) is 55.6 Å². The molecule has 10 aromatic carbocycles. The van der Waals surface area contributed by atoms with Gasteiger partial charge in [0.2, 0.25) is 0 Å². The fourth-order valence-electron chi connectivity index (χ4n) is 9.89. The average Bonchev–Trinajstić information content (AvgIpc) is 3.60. The lowest BCUT2D eigenvalue weighted by Gasteiger charge is -2.28. The molecular formula is C64H50N2. The minimum Gasteiger partial charge on any atom is -0.310 e. The molecule has 11 rings (SSSR count). The predicted octanol–water partition coefficient (Wildman–Crippen LogP) is 17.9. The summed E-state index contributed by atoms with van der Waals surface area (Å²) in [5.41, 5.74) is 22.7. The number of aryl methyl sites for hydroxylation is 1. The third-order valence-corrected chi connectivity index (χ3v) is 13.3. The van der Waals surface area contributed by atoms with Crippen LogP contribution < -0.4 is 9.80 Å². The second-order valence-electron chi connectivity index (χ2n) is 17.9. The van der Waals surface area contributed by atoms with Gasteiger partial charge < -0.3 is 9.80 Å². The van der Waals surface area contributed by atoms with E-state index in [9.17, 15) is 0 Å². The number of fused-ring (bicyclic) bond motifs is 3. The van der Waals surface area contributed by atoms with Crippen LogP contribution in [0, 0.1) is 6.92 Å². The third-order valence-electron chi connectivity index (χ3n) is 13.3. The van der Waals surface area contributed by atoms with Crippen LogP contribution in [0.1, 0.15) is 30.5 Å². The number of rotatable bonds is 10. The molecule has 0 saturated carbocycles. The van der Waals surface area contributed by atoms with Crippen LogP contribution >= 0.6 is 0 Å². The first-order chi connectivity index (χ1) is 32.4. The van der Waals surface area contributed by atoms with Crippen LogP contribution in [0.25, 0.3) is 55.6 Å². The summed E-state index contributed by atoms with van der Waals surface area (Å²) in [5, 5.41) is 0. The van der Waals surface area contributed by atoms with Gasteiger partial charge in [-0.15, -0.1) is 0 Å². The largest absolute Gasteiger partial charge is 0.310 e. The van der Waals surface area contributed by atoms with Crippen molar-refractivity contribution in [3.05, 3.63) is 265 Å². The summed E-state index contributed by atoms with van der Waals surface area (Å²) >= 11 is 0. The normalized spacial score (nSPS) is 12.3. The maximum absolute atomic E-state index is 2.41. The molecule has 0 aliphatic heterocycles. The summed E-state index contributed by atoms with van der Waals surface area (Å²) in [4.78, 5) is 4.77. The molecule has 1 aliphatic carbocycles. The summed E-state index contributed by atoms with van der Waals surface area (Å²) < 4.78 is 0. The molecule has 2 nitrogen and oxygen atoms in total. The van der Waals surface area contributed by atoms with E-state index in [2.05, 4.69) is 279 Å². The Labute approximate surface area is 389 Å². The van der Waals surface area contributed by atoms with Crippen molar-refractivity contribution >= 4 is 34.1 Å². The molecule has 1 aliphatic rings. The van der Waals surface area contributed by atoms with Crippen LogP contribution in [-0.4, -0.2) is 0 Å². The van der Waals surface area contributed by atoms with E-state index in [0.717, 1.165) is 45.3 Å². The van der Waals surface area contributed by atoms with Crippen LogP contribution in [0.4, 0.5) is 34.1 Å². The van der Waals surface area contributed by atoms with Gasteiger partial charge in [0, 0.05) is 39.5 Å². The zero-order valence-corrected chi connectivity index (χ0v) is 37.6. The molecule has 66 heavy (non-hydrogen) atoms. The molecule has 0 aromatic heterocycles. The Morgan fingerprint density at radius 1 is 0.258 bits per heavy atom. The van der Waals surface area contributed by atoms with Crippen LogP contribution in [-0.2, 0) is 5.41 Å². The van der Waals surface area contributed by atoms with Crippen molar-refractivity contribution in [1.82, 2.24) is 0 Å². The minimum absolute atomic E-state index is 0.106. The molecule has 0 unspecified atom stereocenters. The van der Waals surface area contributed by atoms with Crippen molar-refractivity contribution in [2.24, 2.45) is 0 Å². The molecule has 0 spiro atoms. The van der Waals surface area contributed by atoms with Crippen LogP contribution in [0.3, 0.4) is 0 Å². The Kier molecular flexibility index (Phi) is 10.5. The smallest absolute Gasteiger partial charge is 0.0470 e. The van der Waals surface area contributed by atoms with Gasteiger partial charge in [0.05, 0.1) is 0 Å². The summed E-state index contributed by atoms with van der Waals surface area (Å²) in [6.07, 6.45) is 0.